The Morgan fingerprint density at radius 2 is 1.86 bits per heavy atom. The van der Waals surface area contributed by atoms with Crippen LogP contribution in [0.2, 0.25) is 5.02 Å². The zero-order valence-electron chi connectivity index (χ0n) is 7.57. The number of halogens is 1. The highest BCUT2D eigenvalue weighted by atomic mass is 35.5. The van der Waals surface area contributed by atoms with Gasteiger partial charge in [0.05, 0.1) is 0 Å². The van der Waals surface area contributed by atoms with Crippen LogP contribution in [-0.4, -0.2) is 15.5 Å². The molecular formula is C9H10ClNO2S. The van der Waals surface area contributed by atoms with Gasteiger partial charge in [-0.3, -0.25) is 0 Å². The normalized spacial score (nSPS) is 12.1. The summed E-state index contributed by atoms with van der Waals surface area (Å²) >= 11 is 5.67. The molecule has 3 nitrogen and oxygen atoms in total. The molecule has 0 radical (unpaired) electrons. The van der Waals surface area contributed by atoms with Crippen LogP contribution in [0, 0.1) is 0 Å². The van der Waals surface area contributed by atoms with Crippen LogP contribution in [0.3, 0.4) is 0 Å². The van der Waals surface area contributed by atoms with Gasteiger partial charge in [-0.2, -0.15) is 0 Å². The summed E-state index contributed by atoms with van der Waals surface area (Å²) in [7, 11) is -1.93. The Hall–Kier alpha value is -0.840. The van der Waals surface area contributed by atoms with E-state index in [-0.39, 0.29) is 0 Å². The average Bonchev–Trinajstić information content (AvgIpc) is 2.17. The highest BCUT2D eigenvalue weighted by molar-refractivity contribution is 7.92. The van der Waals surface area contributed by atoms with Gasteiger partial charge in [0.15, 0.2) is 0 Å². The average molecular weight is 232 g/mol. The third-order valence-corrected chi connectivity index (χ3v) is 2.91. The summed E-state index contributed by atoms with van der Waals surface area (Å²) in [5, 5.41) is 1.73. The van der Waals surface area contributed by atoms with Crippen molar-refractivity contribution in [1.29, 1.82) is 0 Å². The molecule has 0 saturated carbocycles. The van der Waals surface area contributed by atoms with E-state index in [1.54, 1.807) is 24.3 Å². The van der Waals surface area contributed by atoms with E-state index in [9.17, 15) is 8.42 Å². The van der Waals surface area contributed by atoms with Crippen LogP contribution < -0.4 is 4.72 Å². The molecule has 0 unspecified atom stereocenters. The first-order valence-corrected chi connectivity index (χ1v) is 5.83. The molecule has 0 spiro atoms. The molecule has 0 amide bonds. The summed E-state index contributed by atoms with van der Waals surface area (Å²) in [4.78, 5) is 0. The molecule has 0 bridgehead atoms. The fraction of sp³-hybridized carbons (Fsp3) is 0.111. The number of benzene rings is 1. The predicted molar refractivity (Wildman–Crippen MR) is 58.5 cm³/mol. The SMILES string of the molecule is CNS(=O)(=O)/C=C\c1ccc(Cl)cc1. The Balaban J connectivity index is 2.84. The fourth-order valence-corrected chi connectivity index (χ4v) is 1.41. The number of hydrogen-bond donors (Lipinski definition) is 1. The summed E-state index contributed by atoms with van der Waals surface area (Å²) in [5.41, 5.74) is 0.785. The molecule has 0 saturated heterocycles. The minimum absolute atomic E-state index is 0.624. The number of hydrogen-bond acceptors (Lipinski definition) is 2. The van der Waals surface area contributed by atoms with Crippen molar-refractivity contribution in [2.24, 2.45) is 0 Å². The minimum Gasteiger partial charge on any atom is -0.215 e. The van der Waals surface area contributed by atoms with Gasteiger partial charge in [-0.25, -0.2) is 13.1 Å². The van der Waals surface area contributed by atoms with Gasteiger partial charge in [-0.05, 0) is 30.8 Å². The van der Waals surface area contributed by atoms with Crippen molar-refractivity contribution in [2.75, 3.05) is 7.05 Å². The summed E-state index contributed by atoms with van der Waals surface area (Å²) < 4.78 is 24.2. The van der Waals surface area contributed by atoms with Crippen LogP contribution in [0.1, 0.15) is 5.56 Å². The van der Waals surface area contributed by atoms with Crippen LogP contribution in [0.25, 0.3) is 6.08 Å². The van der Waals surface area contributed by atoms with Gasteiger partial charge in [-0.15, -0.1) is 0 Å². The lowest BCUT2D eigenvalue weighted by atomic mass is 10.2. The second kappa shape index (κ2) is 4.59. The molecular weight excluding hydrogens is 222 g/mol. The number of nitrogens with one attached hydrogen (secondary N) is 1. The Kier molecular flexibility index (Phi) is 3.69. The first kappa shape index (κ1) is 11.2. The molecule has 0 fully saturated rings. The highest BCUT2D eigenvalue weighted by Gasteiger charge is 1.98. The molecule has 5 heteroatoms. The Labute approximate surface area is 88.5 Å². The van der Waals surface area contributed by atoms with Gasteiger partial charge >= 0.3 is 0 Å². The summed E-state index contributed by atoms with van der Waals surface area (Å²) in [6.45, 7) is 0. The molecule has 0 aliphatic carbocycles. The smallest absolute Gasteiger partial charge is 0.215 e. The van der Waals surface area contributed by atoms with Gasteiger partial charge in [-0.1, -0.05) is 23.7 Å². The van der Waals surface area contributed by atoms with Crippen LogP contribution >= 0.6 is 11.6 Å². The largest absolute Gasteiger partial charge is 0.233 e. The van der Waals surface area contributed by atoms with Gasteiger partial charge < -0.3 is 0 Å². The molecule has 0 heterocycles. The van der Waals surface area contributed by atoms with Crippen molar-refractivity contribution in [3.63, 3.8) is 0 Å². The lowest BCUT2D eigenvalue weighted by Crippen LogP contribution is -2.14. The first-order chi connectivity index (χ1) is 6.53. The van der Waals surface area contributed by atoms with E-state index in [2.05, 4.69) is 4.72 Å². The molecule has 0 atom stereocenters. The van der Waals surface area contributed by atoms with Gasteiger partial charge in [0.25, 0.3) is 0 Å². The Morgan fingerprint density at radius 3 is 2.36 bits per heavy atom. The molecule has 0 aliphatic rings. The quantitative estimate of drug-likeness (QED) is 0.863. The minimum atomic E-state index is -3.29. The van der Waals surface area contributed by atoms with Crippen molar-refractivity contribution in [1.82, 2.24) is 4.72 Å². The molecule has 1 aromatic rings. The summed E-state index contributed by atoms with van der Waals surface area (Å²) in [6, 6.07) is 6.88. The summed E-state index contributed by atoms with van der Waals surface area (Å²) in [5.74, 6) is 0. The van der Waals surface area contributed by atoms with E-state index in [0.29, 0.717) is 5.02 Å². The second-order valence-corrected chi connectivity index (χ2v) is 4.81. The number of rotatable bonds is 3. The van der Waals surface area contributed by atoms with Gasteiger partial charge in [0.2, 0.25) is 10.0 Å². The fourth-order valence-electron chi connectivity index (χ4n) is 0.810. The van der Waals surface area contributed by atoms with E-state index < -0.39 is 10.0 Å². The van der Waals surface area contributed by atoms with Crippen molar-refractivity contribution in [3.05, 3.63) is 40.3 Å². The van der Waals surface area contributed by atoms with E-state index in [1.807, 2.05) is 0 Å². The van der Waals surface area contributed by atoms with E-state index in [0.717, 1.165) is 11.0 Å². The second-order valence-electron chi connectivity index (χ2n) is 2.60. The van der Waals surface area contributed by atoms with E-state index >= 15 is 0 Å². The molecule has 1 aromatic carbocycles. The molecule has 1 N–H and O–H groups in total. The van der Waals surface area contributed by atoms with Crippen LogP contribution in [0.5, 0.6) is 0 Å². The molecule has 1 rings (SSSR count). The predicted octanol–water partition coefficient (Wildman–Crippen LogP) is 1.86. The van der Waals surface area contributed by atoms with Crippen molar-refractivity contribution in [2.45, 2.75) is 0 Å². The van der Waals surface area contributed by atoms with Gasteiger partial charge in [0.1, 0.15) is 0 Å². The first-order valence-electron chi connectivity index (χ1n) is 3.91. The van der Waals surface area contributed by atoms with E-state index in [1.165, 1.54) is 13.1 Å². The Morgan fingerprint density at radius 1 is 1.29 bits per heavy atom. The lowest BCUT2D eigenvalue weighted by Gasteiger charge is -1.95. The maximum absolute atomic E-state index is 11.0. The molecule has 0 aliphatic heterocycles. The monoisotopic (exact) mass is 231 g/mol. The Bertz CT molecular complexity index is 423. The van der Waals surface area contributed by atoms with Gasteiger partial charge in [0, 0.05) is 10.4 Å². The van der Waals surface area contributed by atoms with Crippen molar-refractivity contribution >= 4 is 27.7 Å². The third kappa shape index (κ3) is 3.49. The third-order valence-electron chi connectivity index (χ3n) is 1.59. The van der Waals surface area contributed by atoms with Crippen molar-refractivity contribution < 1.29 is 8.42 Å². The van der Waals surface area contributed by atoms with Crippen LogP contribution in [0.15, 0.2) is 29.7 Å². The maximum atomic E-state index is 11.0. The zero-order chi connectivity index (χ0) is 10.6. The standard InChI is InChI=1S/C9H10ClNO2S/c1-11-14(12,13)7-6-8-2-4-9(10)5-3-8/h2-7,11H,1H3/b7-6-. The summed E-state index contributed by atoms with van der Waals surface area (Å²) in [6.07, 6.45) is 1.50. The molecule has 76 valence electrons. The van der Waals surface area contributed by atoms with Crippen molar-refractivity contribution in [3.8, 4) is 0 Å². The number of sulfonamides is 1. The van der Waals surface area contributed by atoms with E-state index in [4.69, 9.17) is 11.6 Å². The molecule has 0 aromatic heterocycles. The highest BCUT2D eigenvalue weighted by Crippen LogP contribution is 2.10. The van der Waals surface area contributed by atoms with Crippen LogP contribution in [-0.2, 0) is 10.0 Å². The maximum Gasteiger partial charge on any atom is 0.233 e. The van der Waals surface area contributed by atoms with Crippen LogP contribution in [0.4, 0.5) is 0 Å². The molecule has 14 heavy (non-hydrogen) atoms. The lowest BCUT2D eigenvalue weighted by molar-refractivity contribution is 0.597. The topological polar surface area (TPSA) is 46.2 Å². The zero-order valence-corrected chi connectivity index (χ0v) is 9.14.